The van der Waals surface area contributed by atoms with Gasteiger partial charge in [0.1, 0.15) is 0 Å². The van der Waals surface area contributed by atoms with Crippen LogP contribution < -0.4 is 5.32 Å². The van der Waals surface area contributed by atoms with E-state index < -0.39 is 10.0 Å². The zero-order chi connectivity index (χ0) is 19.2. The topological polar surface area (TPSA) is 75.7 Å². The number of hydroxylamine groups is 1. The van der Waals surface area contributed by atoms with Crippen LogP contribution in [-0.4, -0.2) is 38.7 Å². The molecule has 0 aromatic heterocycles. The van der Waals surface area contributed by atoms with Gasteiger partial charge in [-0.15, -0.1) is 18.3 Å². The minimum Gasteiger partial charge on any atom is -0.321 e. The van der Waals surface area contributed by atoms with Crippen LogP contribution >= 0.6 is 11.8 Å². The van der Waals surface area contributed by atoms with Crippen molar-refractivity contribution in [1.29, 1.82) is 0 Å². The summed E-state index contributed by atoms with van der Waals surface area (Å²) in [5.74, 6) is 0.410. The first-order chi connectivity index (χ1) is 12.4. The highest BCUT2D eigenvalue weighted by Gasteiger charge is 2.21. The third kappa shape index (κ3) is 4.73. The molecule has 2 rings (SSSR count). The predicted molar refractivity (Wildman–Crippen MR) is 104 cm³/mol. The summed E-state index contributed by atoms with van der Waals surface area (Å²) in [4.78, 5) is 18.2. The van der Waals surface area contributed by atoms with Crippen LogP contribution in [-0.2, 0) is 14.9 Å². The van der Waals surface area contributed by atoms with Crippen LogP contribution in [0.25, 0.3) is 0 Å². The summed E-state index contributed by atoms with van der Waals surface area (Å²) < 4.78 is 25.1. The second-order valence-electron chi connectivity index (χ2n) is 5.17. The lowest BCUT2D eigenvalue weighted by atomic mass is 10.2. The first-order valence-corrected chi connectivity index (χ1v) is 10.1. The van der Waals surface area contributed by atoms with Crippen molar-refractivity contribution >= 4 is 33.4 Å². The Morgan fingerprint density at radius 2 is 1.88 bits per heavy atom. The molecule has 0 fully saturated rings. The molecule has 0 heterocycles. The second-order valence-corrected chi connectivity index (χ2v) is 8.17. The number of rotatable bonds is 8. The summed E-state index contributed by atoms with van der Waals surface area (Å²) >= 11 is 1.56. The van der Waals surface area contributed by atoms with Gasteiger partial charge >= 0.3 is 0 Å². The van der Waals surface area contributed by atoms with Crippen LogP contribution in [0.2, 0.25) is 0 Å². The molecular weight excluding hydrogens is 372 g/mol. The molecule has 0 spiro atoms. The largest absolute Gasteiger partial charge is 0.321 e. The summed E-state index contributed by atoms with van der Waals surface area (Å²) in [7, 11) is -1.18. The number of hydrogen-bond donors (Lipinski definition) is 1. The van der Waals surface area contributed by atoms with Crippen LogP contribution in [0.3, 0.4) is 0 Å². The summed E-state index contributed by atoms with van der Waals surface area (Å²) in [6.45, 7) is 3.69. The maximum atomic E-state index is 12.5. The molecule has 138 valence electrons. The summed E-state index contributed by atoms with van der Waals surface area (Å²) in [6.07, 6.45) is 1.79. The number of anilines is 1. The molecule has 0 aliphatic heterocycles. The maximum Gasteiger partial charge on any atom is 0.264 e. The quantitative estimate of drug-likeness (QED) is 0.423. The highest BCUT2D eigenvalue weighted by Crippen LogP contribution is 2.27. The number of benzene rings is 2. The normalized spacial score (nSPS) is 11.3. The van der Waals surface area contributed by atoms with Gasteiger partial charge < -0.3 is 5.32 Å². The van der Waals surface area contributed by atoms with Gasteiger partial charge in [-0.2, -0.15) is 0 Å². The molecule has 1 amide bonds. The molecule has 2 aromatic carbocycles. The van der Waals surface area contributed by atoms with Gasteiger partial charge in [-0.3, -0.25) is 9.63 Å². The van der Waals surface area contributed by atoms with Gasteiger partial charge in [-0.25, -0.2) is 8.42 Å². The van der Waals surface area contributed by atoms with E-state index in [2.05, 4.69) is 11.9 Å². The molecule has 0 radical (unpaired) electrons. The molecule has 2 aromatic rings. The van der Waals surface area contributed by atoms with E-state index in [0.29, 0.717) is 11.3 Å². The maximum absolute atomic E-state index is 12.5. The van der Waals surface area contributed by atoms with Gasteiger partial charge in [0, 0.05) is 23.3 Å². The molecular formula is C18H20N2O4S2. The lowest BCUT2D eigenvalue weighted by molar-refractivity contribution is -0.0258. The number of thioether (sulfide) groups is 1. The standard InChI is InChI=1S/C18H20N2O4S2/c1-4-13-25-17-8-6-5-7-16(17)19-18(21)14-9-11-15(12-10-14)26(22,23)20(2)24-3/h4-12H,1,13H2,2-3H3,(H,19,21). The Hall–Kier alpha value is -2.13. The fourth-order valence-corrected chi connectivity index (χ4v) is 3.78. The minimum absolute atomic E-state index is 0.0420. The van der Waals surface area contributed by atoms with E-state index in [-0.39, 0.29) is 10.8 Å². The summed E-state index contributed by atoms with van der Waals surface area (Å²) in [5.41, 5.74) is 1.05. The van der Waals surface area contributed by atoms with E-state index >= 15 is 0 Å². The second kappa shape index (κ2) is 9.00. The molecule has 0 bridgehead atoms. The van der Waals surface area contributed by atoms with Crippen molar-refractivity contribution in [3.8, 4) is 0 Å². The molecule has 0 saturated heterocycles. The van der Waals surface area contributed by atoms with E-state index in [1.807, 2.05) is 24.3 Å². The van der Waals surface area contributed by atoms with Crippen LogP contribution in [0, 0.1) is 0 Å². The number of sulfonamides is 1. The lowest BCUT2D eigenvalue weighted by Crippen LogP contribution is -2.25. The van der Waals surface area contributed by atoms with Crippen LogP contribution in [0.1, 0.15) is 10.4 Å². The third-order valence-electron chi connectivity index (χ3n) is 3.50. The molecule has 0 atom stereocenters. The zero-order valence-corrected chi connectivity index (χ0v) is 16.1. The first-order valence-electron chi connectivity index (χ1n) is 7.67. The summed E-state index contributed by atoms with van der Waals surface area (Å²) in [5, 5.41) is 2.85. The lowest BCUT2D eigenvalue weighted by Gasteiger charge is -2.14. The SMILES string of the molecule is C=CCSc1ccccc1NC(=O)c1ccc(S(=O)(=O)N(C)OC)cc1. The molecule has 1 N–H and O–H groups in total. The highest BCUT2D eigenvalue weighted by molar-refractivity contribution is 7.99. The number of nitrogens with one attached hydrogen (secondary N) is 1. The van der Waals surface area contributed by atoms with Crippen molar-refractivity contribution in [2.75, 3.05) is 25.2 Å². The monoisotopic (exact) mass is 392 g/mol. The molecule has 0 saturated carbocycles. The molecule has 8 heteroatoms. The molecule has 0 aliphatic carbocycles. The smallest absolute Gasteiger partial charge is 0.264 e. The average Bonchev–Trinajstić information content (AvgIpc) is 2.66. The van der Waals surface area contributed by atoms with Crippen molar-refractivity contribution in [1.82, 2.24) is 4.47 Å². The Bertz CT molecular complexity index is 880. The Kier molecular flexibility index (Phi) is 6.98. The van der Waals surface area contributed by atoms with Gasteiger partial charge in [-0.1, -0.05) is 22.7 Å². The van der Waals surface area contributed by atoms with Crippen molar-refractivity contribution in [2.24, 2.45) is 0 Å². The van der Waals surface area contributed by atoms with E-state index in [4.69, 9.17) is 4.84 Å². The van der Waals surface area contributed by atoms with Gasteiger partial charge in [0.05, 0.1) is 17.7 Å². The van der Waals surface area contributed by atoms with Gasteiger partial charge in [0.2, 0.25) is 0 Å². The molecule has 0 unspecified atom stereocenters. The van der Waals surface area contributed by atoms with E-state index in [9.17, 15) is 13.2 Å². The Balaban J connectivity index is 2.18. The van der Waals surface area contributed by atoms with Crippen molar-refractivity contribution < 1.29 is 18.0 Å². The molecule has 26 heavy (non-hydrogen) atoms. The van der Waals surface area contributed by atoms with Crippen LogP contribution in [0.15, 0.2) is 71.0 Å². The van der Waals surface area contributed by atoms with E-state index in [1.54, 1.807) is 17.8 Å². The fourth-order valence-electron chi connectivity index (χ4n) is 2.06. The Morgan fingerprint density at radius 3 is 2.50 bits per heavy atom. The molecule has 0 aliphatic rings. The van der Waals surface area contributed by atoms with Crippen molar-refractivity contribution in [3.05, 3.63) is 66.7 Å². The van der Waals surface area contributed by atoms with E-state index in [1.165, 1.54) is 38.4 Å². The van der Waals surface area contributed by atoms with Gasteiger partial charge in [0.25, 0.3) is 15.9 Å². The highest BCUT2D eigenvalue weighted by atomic mass is 32.2. The summed E-state index contributed by atoms with van der Waals surface area (Å²) in [6, 6.07) is 13.1. The van der Waals surface area contributed by atoms with Crippen LogP contribution in [0.5, 0.6) is 0 Å². The van der Waals surface area contributed by atoms with Gasteiger partial charge in [-0.05, 0) is 36.4 Å². The zero-order valence-electron chi connectivity index (χ0n) is 14.5. The Labute approximate surface area is 157 Å². The molecule has 6 nitrogen and oxygen atoms in total. The van der Waals surface area contributed by atoms with Crippen molar-refractivity contribution in [3.63, 3.8) is 0 Å². The third-order valence-corrected chi connectivity index (χ3v) is 6.27. The number of carbonyl (C=O) groups excluding carboxylic acids is 1. The minimum atomic E-state index is -3.74. The number of nitrogens with zero attached hydrogens (tertiary/aromatic N) is 1. The fraction of sp³-hybridized carbons (Fsp3) is 0.167. The van der Waals surface area contributed by atoms with Crippen LogP contribution in [0.4, 0.5) is 5.69 Å². The number of carbonyl (C=O) groups is 1. The number of hydrogen-bond acceptors (Lipinski definition) is 5. The first kappa shape index (κ1) is 20.2. The van der Waals surface area contributed by atoms with Gasteiger partial charge in [0.15, 0.2) is 0 Å². The predicted octanol–water partition coefficient (Wildman–Crippen LogP) is 3.40. The van der Waals surface area contributed by atoms with Crippen molar-refractivity contribution in [2.45, 2.75) is 9.79 Å². The Morgan fingerprint density at radius 1 is 1.23 bits per heavy atom. The van der Waals surface area contributed by atoms with E-state index in [0.717, 1.165) is 15.1 Å². The number of amides is 1. The number of para-hydroxylation sites is 1. The average molecular weight is 393 g/mol.